The average Bonchev–Trinajstić information content (AvgIpc) is 2.67. The number of nitrogens with one attached hydrogen (secondary N) is 1. The topological polar surface area (TPSA) is 90.9 Å². The summed E-state index contributed by atoms with van der Waals surface area (Å²) < 4.78 is 39.9. The lowest BCUT2D eigenvalue weighted by Crippen LogP contribution is -2.38. The minimum atomic E-state index is -4.31. The molecule has 0 saturated carbocycles. The minimum Gasteiger partial charge on any atom is -0.372 e. The Bertz CT molecular complexity index is 355. The third kappa shape index (κ3) is 5.89. The van der Waals surface area contributed by atoms with Crippen LogP contribution in [0.4, 0.5) is 13.2 Å². The SMILES string of the molecule is Cn1nnc(CC(CCOCC(F)(F)F)NN)n1. The van der Waals surface area contributed by atoms with Crippen LogP contribution in [0.15, 0.2) is 0 Å². The molecule has 0 aromatic carbocycles. The lowest BCUT2D eigenvalue weighted by Gasteiger charge is -2.14. The van der Waals surface area contributed by atoms with Gasteiger partial charge in [-0.15, -0.1) is 10.2 Å². The van der Waals surface area contributed by atoms with Crippen LogP contribution in [0.2, 0.25) is 0 Å². The Morgan fingerprint density at radius 2 is 2.22 bits per heavy atom. The van der Waals surface area contributed by atoms with Crippen LogP contribution in [-0.4, -0.2) is 45.6 Å². The Balaban J connectivity index is 2.25. The van der Waals surface area contributed by atoms with Gasteiger partial charge in [0.2, 0.25) is 0 Å². The summed E-state index contributed by atoms with van der Waals surface area (Å²) in [5.41, 5.74) is 2.48. The quantitative estimate of drug-likeness (QED) is 0.395. The second-order valence-electron chi connectivity index (χ2n) is 3.72. The van der Waals surface area contributed by atoms with Crippen LogP contribution in [0.3, 0.4) is 0 Å². The van der Waals surface area contributed by atoms with Crippen LogP contribution in [0.25, 0.3) is 0 Å². The number of nitrogens with zero attached hydrogens (tertiary/aromatic N) is 4. The molecule has 18 heavy (non-hydrogen) atoms. The van der Waals surface area contributed by atoms with E-state index in [1.54, 1.807) is 7.05 Å². The number of ether oxygens (including phenoxy) is 1. The molecule has 3 N–H and O–H groups in total. The molecule has 1 rings (SSSR count). The van der Waals surface area contributed by atoms with Gasteiger partial charge in [0, 0.05) is 19.1 Å². The van der Waals surface area contributed by atoms with Crippen molar-refractivity contribution in [3.8, 4) is 0 Å². The van der Waals surface area contributed by atoms with E-state index in [9.17, 15) is 13.2 Å². The van der Waals surface area contributed by atoms with Crippen molar-refractivity contribution < 1.29 is 17.9 Å². The lowest BCUT2D eigenvalue weighted by atomic mass is 10.1. The molecule has 0 bridgehead atoms. The van der Waals surface area contributed by atoms with Crippen LogP contribution < -0.4 is 11.3 Å². The van der Waals surface area contributed by atoms with E-state index in [1.165, 1.54) is 4.80 Å². The number of aryl methyl sites for hydroxylation is 1. The maximum atomic E-state index is 11.8. The zero-order chi connectivity index (χ0) is 13.6. The van der Waals surface area contributed by atoms with E-state index in [-0.39, 0.29) is 12.6 Å². The molecular weight excluding hydrogens is 253 g/mol. The van der Waals surface area contributed by atoms with Gasteiger partial charge in [0.1, 0.15) is 6.61 Å². The monoisotopic (exact) mass is 268 g/mol. The second-order valence-corrected chi connectivity index (χ2v) is 3.72. The van der Waals surface area contributed by atoms with Crippen LogP contribution in [0, 0.1) is 0 Å². The fourth-order valence-corrected chi connectivity index (χ4v) is 1.28. The summed E-state index contributed by atoms with van der Waals surface area (Å²) in [5.74, 6) is 5.75. The van der Waals surface area contributed by atoms with Gasteiger partial charge in [0.25, 0.3) is 0 Å². The first kappa shape index (κ1) is 14.8. The standard InChI is InChI=1S/C8H15F3N6O/c1-17-15-7(14-16-17)4-6(13-12)2-3-18-5-8(9,10)11/h6,13H,2-5,12H2,1H3. The number of hydrogen-bond donors (Lipinski definition) is 2. The Hall–Kier alpha value is -1.26. The molecule has 1 heterocycles. The molecule has 104 valence electrons. The molecule has 1 aromatic heterocycles. The van der Waals surface area contributed by atoms with E-state index in [0.29, 0.717) is 18.7 Å². The van der Waals surface area contributed by atoms with E-state index < -0.39 is 12.8 Å². The predicted octanol–water partition coefficient (Wildman–Crippen LogP) is -0.446. The molecule has 10 heteroatoms. The zero-order valence-electron chi connectivity index (χ0n) is 9.81. The summed E-state index contributed by atoms with van der Waals surface area (Å²) in [6.45, 7) is -1.30. The maximum Gasteiger partial charge on any atom is 0.411 e. The molecule has 0 aliphatic rings. The Morgan fingerprint density at radius 1 is 1.50 bits per heavy atom. The van der Waals surface area contributed by atoms with Crippen LogP contribution in [0.5, 0.6) is 0 Å². The highest BCUT2D eigenvalue weighted by Gasteiger charge is 2.27. The highest BCUT2D eigenvalue weighted by molar-refractivity contribution is 4.83. The van der Waals surface area contributed by atoms with Crippen molar-refractivity contribution in [2.75, 3.05) is 13.2 Å². The molecule has 7 nitrogen and oxygen atoms in total. The fraction of sp³-hybridized carbons (Fsp3) is 0.875. The number of hydrogen-bond acceptors (Lipinski definition) is 6. The molecule has 0 aliphatic carbocycles. The van der Waals surface area contributed by atoms with E-state index in [4.69, 9.17) is 5.84 Å². The highest BCUT2D eigenvalue weighted by atomic mass is 19.4. The van der Waals surface area contributed by atoms with Gasteiger partial charge in [-0.25, -0.2) is 0 Å². The lowest BCUT2D eigenvalue weighted by molar-refractivity contribution is -0.174. The summed E-state index contributed by atoms with van der Waals surface area (Å²) >= 11 is 0. The van der Waals surface area contributed by atoms with Gasteiger partial charge in [0.05, 0.1) is 7.05 Å². The summed E-state index contributed by atoms with van der Waals surface area (Å²) in [4.78, 5) is 1.29. The number of rotatable bonds is 7. The highest BCUT2D eigenvalue weighted by Crippen LogP contribution is 2.14. The minimum absolute atomic E-state index is 0.0470. The van der Waals surface area contributed by atoms with E-state index >= 15 is 0 Å². The number of halogens is 3. The van der Waals surface area contributed by atoms with Gasteiger partial charge < -0.3 is 4.74 Å². The van der Waals surface area contributed by atoms with Crippen LogP contribution in [0.1, 0.15) is 12.2 Å². The van der Waals surface area contributed by atoms with Crippen molar-refractivity contribution in [2.24, 2.45) is 12.9 Å². The molecule has 0 radical (unpaired) electrons. The number of aromatic nitrogens is 4. The first-order valence-corrected chi connectivity index (χ1v) is 5.24. The van der Waals surface area contributed by atoms with Crippen molar-refractivity contribution in [1.82, 2.24) is 25.6 Å². The largest absolute Gasteiger partial charge is 0.411 e. The number of alkyl halides is 3. The normalized spacial score (nSPS) is 13.8. The first-order chi connectivity index (χ1) is 8.40. The van der Waals surface area contributed by atoms with Gasteiger partial charge in [-0.05, 0) is 11.6 Å². The van der Waals surface area contributed by atoms with Crippen molar-refractivity contribution in [1.29, 1.82) is 0 Å². The summed E-state index contributed by atoms with van der Waals surface area (Å²) in [6.07, 6.45) is -3.61. The van der Waals surface area contributed by atoms with Crippen molar-refractivity contribution >= 4 is 0 Å². The van der Waals surface area contributed by atoms with E-state index in [0.717, 1.165) is 0 Å². The van der Waals surface area contributed by atoms with E-state index in [1.807, 2.05) is 0 Å². The van der Waals surface area contributed by atoms with Crippen LogP contribution in [-0.2, 0) is 18.2 Å². The van der Waals surface area contributed by atoms with Crippen LogP contribution >= 0.6 is 0 Å². The molecule has 0 spiro atoms. The molecule has 1 aromatic rings. The Morgan fingerprint density at radius 3 is 2.72 bits per heavy atom. The summed E-state index contributed by atoms with van der Waals surface area (Å²) in [5, 5.41) is 11.3. The maximum absolute atomic E-state index is 11.8. The van der Waals surface area contributed by atoms with Crippen molar-refractivity contribution in [2.45, 2.75) is 25.1 Å². The van der Waals surface area contributed by atoms with Gasteiger partial charge in [-0.1, -0.05) is 0 Å². The number of nitrogens with two attached hydrogens (primary N) is 1. The second kappa shape index (κ2) is 6.61. The summed E-state index contributed by atoms with van der Waals surface area (Å²) in [6, 6.07) is -0.262. The smallest absolute Gasteiger partial charge is 0.372 e. The van der Waals surface area contributed by atoms with E-state index in [2.05, 4.69) is 25.6 Å². The fourth-order valence-electron chi connectivity index (χ4n) is 1.28. The Kier molecular flexibility index (Phi) is 5.44. The molecular formula is C8H15F3N6O. The molecule has 0 aliphatic heterocycles. The third-order valence-electron chi connectivity index (χ3n) is 2.09. The van der Waals surface area contributed by atoms with Gasteiger partial charge >= 0.3 is 6.18 Å². The summed E-state index contributed by atoms with van der Waals surface area (Å²) in [7, 11) is 1.62. The third-order valence-corrected chi connectivity index (χ3v) is 2.09. The first-order valence-electron chi connectivity index (χ1n) is 5.24. The molecule has 0 fully saturated rings. The molecule has 1 unspecified atom stereocenters. The van der Waals surface area contributed by atoms with Crippen molar-refractivity contribution in [3.63, 3.8) is 0 Å². The number of tetrazole rings is 1. The Labute approximate surface area is 101 Å². The van der Waals surface area contributed by atoms with Gasteiger partial charge in [-0.2, -0.15) is 18.0 Å². The van der Waals surface area contributed by atoms with Gasteiger partial charge in [0.15, 0.2) is 5.82 Å². The zero-order valence-corrected chi connectivity index (χ0v) is 9.81. The molecule has 1 atom stereocenters. The predicted molar refractivity (Wildman–Crippen MR) is 55.1 cm³/mol. The molecule has 0 amide bonds. The number of hydrazine groups is 1. The van der Waals surface area contributed by atoms with Crippen molar-refractivity contribution in [3.05, 3.63) is 5.82 Å². The van der Waals surface area contributed by atoms with Gasteiger partial charge in [-0.3, -0.25) is 11.3 Å². The average molecular weight is 268 g/mol. The molecule has 0 saturated heterocycles.